The normalized spacial score (nSPS) is 22.4. The Kier molecular flexibility index (Phi) is 4.70. The quantitative estimate of drug-likeness (QED) is 0.916. The summed E-state index contributed by atoms with van der Waals surface area (Å²) in [6.07, 6.45) is 5.38. The molecule has 0 radical (unpaired) electrons. The minimum absolute atomic E-state index is 0.222. The number of hydrogen-bond donors (Lipinski definition) is 1. The maximum atomic E-state index is 10.0. The van der Waals surface area contributed by atoms with Crippen LogP contribution in [0, 0.1) is 5.92 Å². The highest BCUT2D eigenvalue weighted by molar-refractivity contribution is 9.10. The molecule has 1 heterocycles. The number of benzene rings is 1. The fraction of sp³-hybridized carbons (Fsp3) is 0.500. The summed E-state index contributed by atoms with van der Waals surface area (Å²) in [5, 5.41) is 14.0. The molecule has 1 fully saturated rings. The van der Waals surface area contributed by atoms with Gasteiger partial charge >= 0.3 is 0 Å². The van der Waals surface area contributed by atoms with Gasteiger partial charge in [-0.3, -0.25) is 0 Å². The second kappa shape index (κ2) is 6.71. The molecule has 1 aliphatic carbocycles. The largest absolute Gasteiger partial charge is 0.393 e. The summed E-state index contributed by atoms with van der Waals surface area (Å²) >= 11 is 3.42. The second-order valence-corrected chi connectivity index (χ2v) is 6.64. The highest BCUT2D eigenvalue weighted by Gasteiger charge is 2.25. The zero-order valence-corrected chi connectivity index (χ0v) is 13.4. The zero-order valence-electron chi connectivity index (χ0n) is 11.8. The molecule has 5 heteroatoms. The third kappa shape index (κ3) is 3.92. The van der Waals surface area contributed by atoms with Crippen molar-refractivity contribution in [2.45, 2.75) is 44.6 Å². The van der Waals surface area contributed by atoms with Crippen molar-refractivity contribution in [3.05, 3.63) is 46.0 Å². The molecule has 0 bridgehead atoms. The lowest BCUT2D eigenvalue weighted by atomic mass is 9.84. The van der Waals surface area contributed by atoms with Crippen molar-refractivity contribution in [2.75, 3.05) is 0 Å². The van der Waals surface area contributed by atoms with Crippen LogP contribution in [0.3, 0.4) is 0 Å². The van der Waals surface area contributed by atoms with Crippen molar-refractivity contribution in [3.8, 4) is 0 Å². The van der Waals surface area contributed by atoms with Gasteiger partial charge in [-0.25, -0.2) is 0 Å². The molecule has 2 unspecified atom stereocenters. The van der Waals surface area contributed by atoms with E-state index in [0.29, 0.717) is 24.6 Å². The highest BCUT2D eigenvalue weighted by Crippen LogP contribution is 2.27. The number of aliphatic hydroxyl groups excluding tert-OH is 1. The molecule has 0 amide bonds. The molecule has 1 aliphatic rings. The predicted molar refractivity (Wildman–Crippen MR) is 82.9 cm³/mol. The summed E-state index contributed by atoms with van der Waals surface area (Å²) in [7, 11) is 0. The average molecular weight is 351 g/mol. The average Bonchev–Trinajstić information content (AvgIpc) is 2.91. The topological polar surface area (TPSA) is 59.2 Å². The minimum atomic E-state index is -0.222. The van der Waals surface area contributed by atoms with Crippen LogP contribution >= 0.6 is 15.9 Å². The van der Waals surface area contributed by atoms with Gasteiger partial charge in [0.25, 0.3) is 0 Å². The van der Waals surface area contributed by atoms with E-state index in [0.717, 1.165) is 29.3 Å². The Balaban J connectivity index is 1.61. The molecule has 0 spiro atoms. The van der Waals surface area contributed by atoms with Crippen molar-refractivity contribution in [3.63, 3.8) is 0 Å². The van der Waals surface area contributed by atoms with Crippen LogP contribution in [-0.2, 0) is 12.8 Å². The Morgan fingerprint density at radius 1 is 1.19 bits per heavy atom. The maximum Gasteiger partial charge on any atom is 0.227 e. The van der Waals surface area contributed by atoms with Crippen LogP contribution in [0.5, 0.6) is 0 Å². The van der Waals surface area contributed by atoms with Gasteiger partial charge in [0.1, 0.15) is 0 Å². The summed E-state index contributed by atoms with van der Waals surface area (Å²) in [6, 6.07) is 8.11. The summed E-state index contributed by atoms with van der Waals surface area (Å²) in [4.78, 5) is 4.46. The third-order valence-electron chi connectivity index (χ3n) is 4.09. The summed E-state index contributed by atoms with van der Waals surface area (Å²) in [5.41, 5.74) is 1.16. The van der Waals surface area contributed by atoms with Gasteiger partial charge in [-0.1, -0.05) is 46.1 Å². The van der Waals surface area contributed by atoms with E-state index in [4.69, 9.17) is 4.52 Å². The Hall–Kier alpha value is -1.20. The van der Waals surface area contributed by atoms with Crippen molar-refractivity contribution < 1.29 is 9.63 Å². The lowest BCUT2D eigenvalue weighted by molar-refractivity contribution is 0.0657. The number of aliphatic hydroxyl groups is 1. The van der Waals surface area contributed by atoms with Gasteiger partial charge in [-0.2, -0.15) is 4.98 Å². The van der Waals surface area contributed by atoms with Crippen LogP contribution < -0.4 is 0 Å². The van der Waals surface area contributed by atoms with E-state index >= 15 is 0 Å². The molecule has 21 heavy (non-hydrogen) atoms. The zero-order chi connectivity index (χ0) is 14.7. The Bertz CT molecular complexity index is 582. The first-order valence-electron chi connectivity index (χ1n) is 7.44. The molecule has 0 saturated heterocycles. The van der Waals surface area contributed by atoms with Gasteiger partial charge in [-0.05, 0) is 36.5 Å². The molecule has 4 nitrogen and oxygen atoms in total. The van der Waals surface area contributed by atoms with Crippen molar-refractivity contribution in [1.82, 2.24) is 10.1 Å². The van der Waals surface area contributed by atoms with E-state index in [-0.39, 0.29) is 12.0 Å². The van der Waals surface area contributed by atoms with Gasteiger partial charge in [-0.15, -0.1) is 0 Å². The fourth-order valence-corrected chi connectivity index (χ4v) is 3.14. The second-order valence-electron chi connectivity index (χ2n) is 5.72. The monoisotopic (exact) mass is 350 g/mol. The van der Waals surface area contributed by atoms with Crippen molar-refractivity contribution in [1.29, 1.82) is 0 Å². The van der Waals surface area contributed by atoms with Crippen LogP contribution in [0.1, 0.15) is 43.0 Å². The maximum absolute atomic E-state index is 10.0. The Labute approximate surface area is 132 Å². The van der Waals surface area contributed by atoms with Crippen LogP contribution in [0.25, 0.3) is 0 Å². The standard InChI is InChI=1S/C16H19BrN2O2/c17-13-7-5-11(6-8-13)9-15-18-16(21-19-15)10-12-3-1-2-4-14(12)20/h5-8,12,14,20H,1-4,9-10H2. The van der Waals surface area contributed by atoms with Gasteiger partial charge in [0.15, 0.2) is 5.82 Å². The number of rotatable bonds is 4. The number of aromatic nitrogens is 2. The van der Waals surface area contributed by atoms with Gasteiger partial charge in [0.05, 0.1) is 6.10 Å². The van der Waals surface area contributed by atoms with E-state index in [1.165, 1.54) is 6.42 Å². The number of nitrogens with zero attached hydrogens (tertiary/aromatic N) is 2. The molecule has 2 aromatic rings. The molecule has 2 atom stereocenters. The van der Waals surface area contributed by atoms with Crippen molar-refractivity contribution in [2.24, 2.45) is 5.92 Å². The summed E-state index contributed by atoms with van der Waals surface area (Å²) < 4.78 is 6.39. The minimum Gasteiger partial charge on any atom is -0.393 e. The molecule has 1 saturated carbocycles. The lowest BCUT2D eigenvalue weighted by Crippen LogP contribution is -2.26. The van der Waals surface area contributed by atoms with E-state index in [1.54, 1.807) is 0 Å². The van der Waals surface area contributed by atoms with E-state index in [9.17, 15) is 5.11 Å². The summed E-state index contributed by atoms with van der Waals surface area (Å²) in [5.74, 6) is 1.62. The first-order valence-corrected chi connectivity index (χ1v) is 8.24. The lowest BCUT2D eigenvalue weighted by Gasteiger charge is -2.26. The summed E-state index contributed by atoms with van der Waals surface area (Å²) in [6.45, 7) is 0. The molecule has 0 aliphatic heterocycles. The molecule has 112 valence electrons. The first-order chi connectivity index (χ1) is 10.2. The molecular weight excluding hydrogens is 332 g/mol. The number of halogens is 1. The van der Waals surface area contributed by atoms with E-state index < -0.39 is 0 Å². The van der Waals surface area contributed by atoms with Crippen LogP contribution in [-0.4, -0.2) is 21.4 Å². The van der Waals surface area contributed by atoms with Crippen LogP contribution in [0.2, 0.25) is 0 Å². The molecule has 1 aromatic carbocycles. The van der Waals surface area contributed by atoms with Crippen LogP contribution in [0.4, 0.5) is 0 Å². The SMILES string of the molecule is OC1CCCCC1Cc1nc(Cc2ccc(Br)cc2)no1. The van der Waals surface area contributed by atoms with Crippen LogP contribution in [0.15, 0.2) is 33.3 Å². The molecule has 1 aromatic heterocycles. The first kappa shape index (κ1) is 14.7. The van der Waals surface area contributed by atoms with Gasteiger partial charge in [0, 0.05) is 17.3 Å². The number of hydrogen-bond acceptors (Lipinski definition) is 4. The Morgan fingerprint density at radius 3 is 2.71 bits per heavy atom. The molecular formula is C16H19BrN2O2. The smallest absolute Gasteiger partial charge is 0.227 e. The van der Waals surface area contributed by atoms with Gasteiger partial charge in [0.2, 0.25) is 5.89 Å². The molecule has 1 N–H and O–H groups in total. The van der Waals surface area contributed by atoms with E-state index in [2.05, 4.69) is 26.1 Å². The Morgan fingerprint density at radius 2 is 1.95 bits per heavy atom. The fourth-order valence-electron chi connectivity index (χ4n) is 2.88. The third-order valence-corrected chi connectivity index (χ3v) is 4.62. The van der Waals surface area contributed by atoms with Gasteiger partial charge < -0.3 is 9.63 Å². The van der Waals surface area contributed by atoms with Crippen molar-refractivity contribution >= 4 is 15.9 Å². The highest BCUT2D eigenvalue weighted by atomic mass is 79.9. The van der Waals surface area contributed by atoms with E-state index in [1.807, 2.05) is 24.3 Å². The predicted octanol–water partition coefficient (Wildman–Crippen LogP) is 3.52. The molecule has 3 rings (SSSR count).